The Morgan fingerprint density at radius 2 is 1.69 bits per heavy atom. The number of piperidine rings is 1. The van der Waals surface area contributed by atoms with Crippen LogP contribution in [-0.4, -0.2) is 34.5 Å². The van der Waals surface area contributed by atoms with Crippen molar-refractivity contribution in [3.05, 3.63) is 65.7 Å². The number of ketones is 1. The van der Waals surface area contributed by atoms with Gasteiger partial charge in [-0.25, -0.2) is 0 Å². The monoisotopic (exact) mass is 374 g/mol. The second kappa shape index (κ2) is 8.67. The van der Waals surface area contributed by atoms with E-state index in [4.69, 9.17) is 5.73 Å². The molecule has 0 bridgehead atoms. The van der Waals surface area contributed by atoms with Crippen LogP contribution < -0.4 is 5.73 Å². The summed E-state index contributed by atoms with van der Waals surface area (Å²) in [4.78, 5) is 14.8. The van der Waals surface area contributed by atoms with E-state index in [0.29, 0.717) is 18.4 Å². The van der Waals surface area contributed by atoms with Crippen LogP contribution in [0.15, 0.2) is 54.6 Å². The SMILES string of the molecule is CC(c1ccc(N)cc1)N1CCC(O)(CC(=O)c2ccccc2)CC1.Cl. The van der Waals surface area contributed by atoms with Crippen LogP contribution in [0, 0.1) is 0 Å². The number of nitrogen functional groups attached to an aromatic ring is 1. The summed E-state index contributed by atoms with van der Waals surface area (Å²) in [7, 11) is 0. The number of benzene rings is 2. The van der Waals surface area contributed by atoms with Crippen molar-refractivity contribution < 1.29 is 9.90 Å². The summed E-state index contributed by atoms with van der Waals surface area (Å²) < 4.78 is 0. The summed E-state index contributed by atoms with van der Waals surface area (Å²) in [5.41, 5.74) is 7.52. The van der Waals surface area contributed by atoms with Gasteiger partial charge in [-0.2, -0.15) is 0 Å². The lowest BCUT2D eigenvalue weighted by atomic mass is 9.84. The van der Waals surface area contributed by atoms with Crippen LogP contribution in [-0.2, 0) is 0 Å². The smallest absolute Gasteiger partial charge is 0.165 e. The van der Waals surface area contributed by atoms with Crippen molar-refractivity contribution >= 4 is 23.9 Å². The fourth-order valence-electron chi connectivity index (χ4n) is 3.51. The molecule has 4 nitrogen and oxygen atoms in total. The normalized spacial score (nSPS) is 17.9. The highest BCUT2D eigenvalue weighted by molar-refractivity contribution is 5.96. The predicted octanol–water partition coefficient (Wildman–Crippen LogP) is 3.85. The van der Waals surface area contributed by atoms with Gasteiger partial charge < -0.3 is 10.8 Å². The summed E-state index contributed by atoms with van der Waals surface area (Å²) in [6.07, 6.45) is 1.43. The zero-order chi connectivity index (χ0) is 17.9. The number of rotatable bonds is 5. The van der Waals surface area contributed by atoms with Crippen molar-refractivity contribution in [3.63, 3.8) is 0 Å². The molecular weight excluding hydrogens is 348 g/mol. The molecule has 0 amide bonds. The summed E-state index contributed by atoms with van der Waals surface area (Å²) in [5, 5.41) is 10.8. The number of carbonyl (C=O) groups is 1. The fraction of sp³-hybridized carbons (Fsp3) is 0.381. The van der Waals surface area contributed by atoms with E-state index >= 15 is 0 Å². The molecule has 2 aromatic carbocycles. The molecule has 1 saturated heterocycles. The molecule has 1 aliphatic rings. The van der Waals surface area contributed by atoms with E-state index in [1.54, 1.807) is 0 Å². The average Bonchev–Trinajstić information content (AvgIpc) is 2.63. The lowest BCUT2D eigenvalue weighted by Crippen LogP contribution is -2.46. The first kappa shape index (κ1) is 20.4. The zero-order valence-corrected chi connectivity index (χ0v) is 15.9. The number of carbonyl (C=O) groups excluding carboxylic acids is 1. The zero-order valence-electron chi connectivity index (χ0n) is 15.1. The average molecular weight is 375 g/mol. The number of hydrogen-bond donors (Lipinski definition) is 2. The lowest BCUT2D eigenvalue weighted by Gasteiger charge is -2.40. The van der Waals surface area contributed by atoms with Crippen LogP contribution in [0.4, 0.5) is 5.69 Å². The third kappa shape index (κ3) is 4.85. The second-order valence-electron chi connectivity index (χ2n) is 7.07. The Morgan fingerprint density at radius 3 is 2.27 bits per heavy atom. The van der Waals surface area contributed by atoms with Gasteiger partial charge in [0.05, 0.1) is 5.60 Å². The van der Waals surface area contributed by atoms with Gasteiger partial charge in [-0.05, 0) is 37.5 Å². The van der Waals surface area contributed by atoms with Gasteiger partial charge in [0, 0.05) is 36.8 Å². The minimum absolute atomic E-state index is 0. The molecule has 0 aliphatic carbocycles. The van der Waals surface area contributed by atoms with E-state index in [-0.39, 0.29) is 30.7 Å². The quantitative estimate of drug-likeness (QED) is 0.616. The second-order valence-corrected chi connectivity index (χ2v) is 7.07. The molecule has 26 heavy (non-hydrogen) atoms. The maximum atomic E-state index is 12.4. The molecule has 1 atom stereocenters. The highest BCUT2D eigenvalue weighted by Crippen LogP contribution is 2.32. The molecule has 1 heterocycles. The molecule has 0 saturated carbocycles. The van der Waals surface area contributed by atoms with Gasteiger partial charge in [-0.15, -0.1) is 12.4 Å². The molecule has 0 radical (unpaired) electrons. The summed E-state index contributed by atoms with van der Waals surface area (Å²) in [6.45, 7) is 3.74. The van der Waals surface area contributed by atoms with Crippen LogP contribution in [0.5, 0.6) is 0 Å². The number of halogens is 1. The van der Waals surface area contributed by atoms with E-state index in [1.165, 1.54) is 5.56 Å². The van der Waals surface area contributed by atoms with Crippen molar-refractivity contribution in [2.75, 3.05) is 18.8 Å². The summed E-state index contributed by atoms with van der Waals surface area (Å²) in [5.74, 6) is 0.0168. The first-order valence-corrected chi connectivity index (χ1v) is 8.87. The molecule has 3 N–H and O–H groups in total. The molecule has 5 heteroatoms. The number of aliphatic hydroxyl groups is 1. The first-order valence-electron chi connectivity index (χ1n) is 8.87. The minimum atomic E-state index is -0.899. The number of likely N-dealkylation sites (tertiary alicyclic amines) is 1. The number of Topliss-reactive ketones (excluding diaryl/α,β-unsaturated/α-hetero) is 1. The Kier molecular flexibility index (Phi) is 6.81. The summed E-state index contributed by atoms with van der Waals surface area (Å²) >= 11 is 0. The van der Waals surface area contributed by atoms with E-state index in [2.05, 4.69) is 24.0 Å². The topological polar surface area (TPSA) is 66.6 Å². The maximum absolute atomic E-state index is 12.4. The molecule has 1 unspecified atom stereocenters. The van der Waals surface area contributed by atoms with Crippen molar-refractivity contribution in [1.29, 1.82) is 0 Å². The van der Waals surface area contributed by atoms with Crippen molar-refractivity contribution in [3.8, 4) is 0 Å². The molecule has 1 fully saturated rings. The number of anilines is 1. The Labute approximate surface area is 161 Å². The lowest BCUT2D eigenvalue weighted by molar-refractivity contribution is -0.0303. The standard InChI is InChI=1S/C21H26N2O2.ClH/c1-16(17-7-9-19(22)10-8-17)23-13-11-21(25,12-14-23)15-20(24)18-5-3-2-4-6-18;/h2-10,16,25H,11-15,22H2,1H3;1H. The Bertz CT molecular complexity index is 711. The fourth-order valence-corrected chi connectivity index (χ4v) is 3.51. The molecule has 140 valence electrons. The van der Waals surface area contributed by atoms with Crippen LogP contribution in [0.25, 0.3) is 0 Å². The van der Waals surface area contributed by atoms with E-state index < -0.39 is 5.60 Å². The number of nitrogens with two attached hydrogens (primary N) is 1. The molecule has 3 rings (SSSR count). The van der Waals surface area contributed by atoms with Gasteiger partial charge in [-0.3, -0.25) is 9.69 Å². The van der Waals surface area contributed by atoms with Gasteiger partial charge in [0.1, 0.15) is 0 Å². The van der Waals surface area contributed by atoms with Crippen LogP contribution in [0.1, 0.15) is 48.1 Å². The van der Waals surface area contributed by atoms with E-state index in [0.717, 1.165) is 18.8 Å². The Hall–Kier alpha value is -1.88. The van der Waals surface area contributed by atoms with Crippen molar-refractivity contribution in [2.45, 2.75) is 37.8 Å². The van der Waals surface area contributed by atoms with Gasteiger partial charge in [0.2, 0.25) is 0 Å². The maximum Gasteiger partial charge on any atom is 0.165 e. The van der Waals surface area contributed by atoms with Gasteiger partial charge in [-0.1, -0.05) is 42.5 Å². The van der Waals surface area contributed by atoms with Crippen molar-refractivity contribution in [2.24, 2.45) is 0 Å². The van der Waals surface area contributed by atoms with Gasteiger partial charge in [0.25, 0.3) is 0 Å². The van der Waals surface area contributed by atoms with Crippen LogP contribution in [0.2, 0.25) is 0 Å². The first-order chi connectivity index (χ1) is 12.0. The third-order valence-corrected chi connectivity index (χ3v) is 5.28. The summed E-state index contributed by atoms with van der Waals surface area (Å²) in [6, 6.07) is 17.4. The van der Waals surface area contributed by atoms with Gasteiger partial charge in [0.15, 0.2) is 5.78 Å². The predicted molar refractivity (Wildman–Crippen MR) is 108 cm³/mol. The molecular formula is C21H27ClN2O2. The minimum Gasteiger partial charge on any atom is -0.399 e. The molecule has 1 aliphatic heterocycles. The van der Waals surface area contributed by atoms with Crippen molar-refractivity contribution in [1.82, 2.24) is 4.90 Å². The molecule has 0 aromatic heterocycles. The number of nitrogens with zero attached hydrogens (tertiary/aromatic N) is 1. The molecule has 0 spiro atoms. The van der Waals surface area contributed by atoms with E-state index in [1.807, 2.05) is 42.5 Å². The van der Waals surface area contributed by atoms with Crippen LogP contribution in [0.3, 0.4) is 0 Å². The highest BCUT2D eigenvalue weighted by atomic mass is 35.5. The Balaban J connectivity index is 0.00000243. The Morgan fingerprint density at radius 1 is 1.12 bits per heavy atom. The third-order valence-electron chi connectivity index (χ3n) is 5.28. The molecule has 2 aromatic rings. The van der Waals surface area contributed by atoms with Gasteiger partial charge >= 0.3 is 0 Å². The largest absolute Gasteiger partial charge is 0.399 e. The van der Waals surface area contributed by atoms with E-state index in [9.17, 15) is 9.90 Å². The highest BCUT2D eigenvalue weighted by Gasteiger charge is 2.35. The number of hydrogen-bond acceptors (Lipinski definition) is 4. The van der Waals surface area contributed by atoms with Crippen LogP contribution >= 0.6 is 12.4 Å².